The van der Waals surface area contributed by atoms with Gasteiger partial charge in [-0.15, -0.1) is 0 Å². The molecule has 0 atom stereocenters. The number of alkyl halides is 3. The molecule has 14 heteroatoms. The lowest BCUT2D eigenvalue weighted by atomic mass is 10.0. The minimum atomic E-state index is -5.08. The molecule has 0 fully saturated rings. The lowest BCUT2D eigenvalue weighted by Crippen LogP contribution is -2.27. The molecule has 0 unspecified atom stereocenters. The van der Waals surface area contributed by atoms with E-state index in [0.717, 1.165) is 27.2 Å². The predicted molar refractivity (Wildman–Crippen MR) is 122 cm³/mol. The molecule has 0 saturated heterocycles. The number of rotatable bonds is 7. The number of carboxylic acids is 1. The number of aliphatic carboxylic acids is 1. The first kappa shape index (κ1) is 28.2. The van der Waals surface area contributed by atoms with Crippen molar-refractivity contribution in [2.45, 2.75) is 19.3 Å². The van der Waals surface area contributed by atoms with Crippen molar-refractivity contribution < 1.29 is 31.9 Å². The Morgan fingerprint density at radius 3 is 2.28 bits per heavy atom. The van der Waals surface area contributed by atoms with E-state index in [4.69, 9.17) is 15.6 Å². The summed E-state index contributed by atoms with van der Waals surface area (Å²) in [5.74, 6) is -1.92. The van der Waals surface area contributed by atoms with E-state index in [9.17, 15) is 26.7 Å². The first-order valence-corrected chi connectivity index (χ1v) is 10.2. The van der Waals surface area contributed by atoms with Gasteiger partial charge in [-0.25, -0.2) is 19.3 Å². The highest BCUT2D eigenvalue weighted by molar-refractivity contribution is 5.73. The highest BCUT2D eigenvalue weighted by atomic mass is 19.4. The topological polar surface area (TPSA) is 119 Å². The summed E-state index contributed by atoms with van der Waals surface area (Å²) in [4.78, 5) is 27.8. The summed E-state index contributed by atoms with van der Waals surface area (Å²) in [7, 11) is 3.83. The van der Waals surface area contributed by atoms with Crippen molar-refractivity contribution in [3.63, 3.8) is 0 Å². The molecule has 0 amide bonds. The molecule has 3 N–H and O–H groups in total. The first-order chi connectivity index (χ1) is 16.8. The summed E-state index contributed by atoms with van der Waals surface area (Å²) in [6, 6.07) is 11.5. The van der Waals surface area contributed by atoms with Crippen molar-refractivity contribution in [1.82, 2.24) is 19.3 Å². The summed E-state index contributed by atoms with van der Waals surface area (Å²) < 4.78 is 59.8. The van der Waals surface area contributed by atoms with Crippen LogP contribution < -0.4 is 16.3 Å². The van der Waals surface area contributed by atoms with Gasteiger partial charge >= 0.3 is 17.8 Å². The lowest BCUT2D eigenvalue weighted by Gasteiger charge is -2.13. The summed E-state index contributed by atoms with van der Waals surface area (Å²) in [6.45, 7) is -0.410. The number of hydrogen-bond acceptors (Lipinski definition) is 6. The van der Waals surface area contributed by atoms with Crippen molar-refractivity contribution in [3.8, 4) is 11.1 Å². The van der Waals surface area contributed by atoms with Gasteiger partial charge in [-0.2, -0.15) is 27.1 Å². The van der Waals surface area contributed by atoms with Gasteiger partial charge in [-0.3, -0.25) is 4.57 Å². The zero-order chi connectivity index (χ0) is 27.0. The molecule has 1 aromatic carbocycles. The van der Waals surface area contributed by atoms with E-state index in [0.29, 0.717) is 0 Å². The number of nitrogens with two attached hydrogens (primary N) is 1. The molecule has 0 aliphatic carbocycles. The van der Waals surface area contributed by atoms with Crippen LogP contribution in [0, 0.1) is 0 Å². The molecule has 0 bridgehead atoms. The van der Waals surface area contributed by atoms with Gasteiger partial charge in [0.25, 0.3) is 6.08 Å². The van der Waals surface area contributed by atoms with Gasteiger partial charge in [0.1, 0.15) is 12.1 Å². The Kier molecular flexibility index (Phi) is 9.44. The summed E-state index contributed by atoms with van der Waals surface area (Å²) in [5, 5.41) is 11.1. The van der Waals surface area contributed by atoms with E-state index in [1.54, 1.807) is 6.20 Å². The first-order valence-electron chi connectivity index (χ1n) is 10.2. The monoisotopic (exact) mass is 514 g/mol. The standard InChI is InChI=1S/C20H22F2N6O.C2HF3O2/c1-26(2)18-8-7-14(10-24-18)17-6-4-3-5-15(17)11-27-13-25-28(20(27)29)12-16(9-23)19(21)22;3-2(4,5)1(6)7/h3-8,10,13H,9,11-12,23H2,1-2H3;(H,6,7). The molecule has 0 aliphatic rings. The second-order valence-electron chi connectivity index (χ2n) is 7.53. The highest BCUT2D eigenvalue weighted by Crippen LogP contribution is 2.25. The van der Waals surface area contributed by atoms with Crippen LogP contribution in [-0.4, -0.2) is 57.2 Å². The maximum absolute atomic E-state index is 12.8. The third-order valence-electron chi connectivity index (χ3n) is 4.77. The number of carbonyl (C=O) groups is 1. The average molecular weight is 514 g/mol. The Hall–Kier alpha value is -4.07. The molecule has 0 aliphatic heterocycles. The van der Waals surface area contributed by atoms with E-state index in [2.05, 4.69) is 10.1 Å². The highest BCUT2D eigenvalue weighted by Gasteiger charge is 2.38. The van der Waals surface area contributed by atoms with Gasteiger partial charge in [-0.1, -0.05) is 24.3 Å². The third kappa shape index (κ3) is 7.46. The largest absolute Gasteiger partial charge is 0.490 e. The zero-order valence-electron chi connectivity index (χ0n) is 19.2. The molecule has 3 aromatic rings. The van der Waals surface area contributed by atoms with Gasteiger partial charge in [0.2, 0.25) is 0 Å². The Bertz CT molecular complexity index is 1260. The Labute approximate surface area is 201 Å². The molecule has 0 spiro atoms. The van der Waals surface area contributed by atoms with Crippen molar-refractivity contribution in [3.05, 3.63) is 76.6 Å². The van der Waals surface area contributed by atoms with E-state index in [1.165, 1.54) is 10.9 Å². The van der Waals surface area contributed by atoms with E-state index < -0.39 is 23.9 Å². The van der Waals surface area contributed by atoms with Gasteiger partial charge in [0.05, 0.1) is 13.1 Å². The van der Waals surface area contributed by atoms with Crippen molar-refractivity contribution in [2.24, 2.45) is 5.73 Å². The molecule has 3 rings (SSSR count). The van der Waals surface area contributed by atoms with E-state index in [1.807, 2.05) is 55.4 Å². The van der Waals surface area contributed by atoms with Crippen LogP contribution in [0.15, 0.2) is 65.4 Å². The molecule has 194 valence electrons. The quantitative estimate of drug-likeness (QED) is 0.466. The van der Waals surface area contributed by atoms with E-state index >= 15 is 0 Å². The van der Waals surface area contributed by atoms with Gasteiger partial charge < -0.3 is 15.7 Å². The fourth-order valence-corrected chi connectivity index (χ4v) is 2.90. The maximum Gasteiger partial charge on any atom is 0.490 e. The van der Waals surface area contributed by atoms with Crippen molar-refractivity contribution in [2.75, 3.05) is 25.5 Å². The van der Waals surface area contributed by atoms with Crippen LogP contribution in [0.4, 0.5) is 27.8 Å². The van der Waals surface area contributed by atoms with Crippen LogP contribution in [0.2, 0.25) is 0 Å². The number of carboxylic acid groups (broad SMARTS) is 1. The van der Waals surface area contributed by atoms with Crippen molar-refractivity contribution >= 4 is 11.8 Å². The van der Waals surface area contributed by atoms with Gasteiger partial charge in [0, 0.05) is 38.0 Å². The summed E-state index contributed by atoms with van der Waals surface area (Å²) >= 11 is 0. The lowest BCUT2D eigenvalue weighted by molar-refractivity contribution is -0.192. The normalized spacial score (nSPS) is 10.9. The predicted octanol–water partition coefficient (Wildman–Crippen LogP) is 2.96. The average Bonchev–Trinajstić information content (AvgIpc) is 3.16. The van der Waals surface area contributed by atoms with Crippen LogP contribution in [0.3, 0.4) is 0 Å². The molecule has 36 heavy (non-hydrogen) atoms. The number of pyridine rings is 1. The summed E-state index contributed by atoms with van der Waals surface area (Å²) in [5.41, 5.74) is 7.26. The Morgan fingerprint density at radius 2 is 1.78 bits per heavy atom. The molecule has 9 nitrogen and oxygen atoms in total. The second kappa shape index (κ2) is 12.1. The summed E-state index contributed by atoms with van der Waals surface area (Å²) in [6.07, 6.45) is -3.84. The molecule has 0 radical (unpaired) electrons. The molecule has 2 aromatic heterocycles. The minimum absolute atomic E-state index is 0.254. The molecule has 0 saturated carbocycles. The SMILES string of the molecule is CN(C)c1ccc(-c2ccccc2Cn2cnn(CC(CN)=C(F)F)c2=O)cn1.O=C(O)C(F)(F)F. The van der Waals surface area contributed by atoms with Crippen LogP contribution in [-0.2, 0) is 17.9 Å². The third-order valence-corrected chi connectivity index (χ3v) is 4.77. The fourth-order valence-electron chi connectivity index (χ4n) is 2.90. The zero-order valence-corrected chi connectivity index (χ0v) is 19.2. The van der Waals surface area contributed by atoms with Gasteiger partial charge in [0.15, 0.2) is 0 Å². The number of aromatic nitrogens is 4. The number of benzene rings is 1. The van der Waals surface area contributed by atoms with E-state index in [-0.39, 0.29) is 25.2 Å². The number of nitrogens with zero attached hydrogens (tertiary/aromatic N) is 5. The van der Waals surface area contributed by atoms with Crippen LogP contribution in [0.5, 0.6) is 0 Å². The Balaban J connectivity index is 0.000000572. The molecular formula is C22H23F5N6O3. The number of hydrogen-bond donors (Lipinski definition) is 2. The number of anilines is 1. The van der Waals surface area contributed by atoms with Crippen LogP contribution >= 0.6 is 0 Å². The van der Waals surface area contributed by atoms with Crippen LogP contribution in [0.1, 0.15) is 5.56 Å². The Morgan fingerprint density at radius 1 is 1.14 bits per heavy atom. The van der Waals surface area contributed by atoms with Crippen molar-refractivity contribution in [1.29, 1.82) is 0 Å². The second-order valence-corrected chi connectivity index (χ2v) is 7.53. The molecule has 2 heterocycles. The van der Waals surface area contributed by atoms with Gasteiger partial charge in [-0.05, 0) is 23.3 Å². The smallest absolute Gasteiger partial charge is 0.475 e. The van der Waals surface area contributed by atoms with Crippen LogP contribution in [0.25, 0.3) is 11.1 Å². The molecular weight excluding hydrogens is 491 g/mol. The fraction of sp³-hybridized carbons (Fsp3) is 0.273. The minimum Gasteiger partial charge on any atom is -0.475 e. The number of halogens is 5. The maximum atomic E-state index is 12.8.